The molecule has 0 aromatic carbocycles. The minimum Gasteiger partial charge on any atom is -0.379 e. The first-order valence-corrected chi connectivity index (χ1v) is 13.3. The highest BCUT2D eigenvalue weighted by atomic mass is 28.1. The molecule has 2 N–H and O–H groups in total. The van der Waals surface area contributed by atoms with E-state index >= 15 is 0 Å². The number of alkyl halides is 6. The summed E-state index contributed by atoms with van der Waals surface area (Å²) in [6.45, 7) is 1.75. The normalized spacial score (nSPS) is 19.1. The van der Waals surface area contributed by atoms with Crippen molar-refractivity contribution in [3.8, 4) is 0 Å². The summed E-state index contributed by atoms with van der Waals surface area (Å²) >= 11 is 0. The van der Waals surface area contributed by atoms with Crippen LogP contribution >= 0.6 is 0 Å². The third-order valence-corrected chi connectivity index (χ3v) is 7.04. The number of nitrogens with zero attached hydrogens (tertiary/aromatic N) is 6. The van der Waals surface area contributed by atoms with Gasteiger partial charge in [0.2, 0.25) is 5.91 Å². The van der Waals surface area contributed by atoms with Crippen molar-refractivity contribution in [3.05, 3.63) is 34.0 Å². The first-order valence-electron chi connectivity index (χ1n) is 12.3. The van der Waals surface area contributed by atoms with Gasteiger partial charge in [-0.2, -0.15) is 31.4 Å². The molecule has 1 saturated heterocycles. The maximum atomic E-state index is 13.3. The maximum Gasteiger partial charge on any atom is 0.434 e. The summed E-state index contributed by atoms with van der Waals surface area (Å²) in [7, 11) is 1.60. The largest absolute Gasteiger partial charge is 0.434 e. The van der Waals surface area contributed by atoms with Gasteiger partial charge in [-0.1, -0.05) is 0 Å². The van der Waals surface area contributed by atoms with Crippen LogP contribution < -0.4 is 20.7 Å². The fourth-order valence-electron chi connectivity index (χ4n) is 4.56. The lowest BCUT2D eigenvalue weighted by Gasteiger charge is -2.46. The summed E-state index contributed by atoms with van der Waals surface area (Å²) in [5.41, 5.74) is -4.49. The van der Waals surface area contributed by atoms with Crippen molar-refractivity contribution < 1.29 is 40.7 Å². The molecular formula is C22H26F6N8O4Si. The zero-order chi connectivity index (χ0) is 30.3. The molecule has 0 unspecified atom stereocenters. The van der Waals surface area contributed by atoms with Crippen LogP contribution in [0.2, 0.25) is 0 Å². The average Bonchev–Trinajstić information content (AvgIpc) is 2.87. The van der Waals surface area contributed by atoms with Gasteiger partial charge in [-0.15, -0.1) is 0 Å². The number of aromatic nitrogens is 4. The van der Waals surface area contributed by atoms with Gasteiger partial charge in [0.1, 0.15) is 11.6 Å². The molecule has 2 amide bonds. The van der Waals surface area contributed by atoms with Gasteiger partial charge in [0.15, 0.2) is 17.3 Å². The standard InChI is InChI=1S/C22H26F6N8O4Si/c1-20(41,32-11-7-30-33-18(38)15(11)22(26,27)28)10-40-6-3-14(37)35-4-5-36-12(9-35)19(39)34(2)17-16(36)29-8-13(31-17)21(23,24)25/h7-8,12H,3-6,9-10H2,1-2,41H3,(H2,32,33,38)/t12-,20+/m1/s1. The Morgan fingerprint density at radius 3 is 2.51 bits per heavy atom. The molecule has 0 aliphatic carbocycles. The lowest BCUT2D eigenvalue weighted by molar-refractivity contribution is -0.141. The summed E-state index contributed by atoms with van der Waals surface area (Å²) < 4.78 is 84.8. The molecule has 2 aliphatic rings. The first-order chi connectivity index (χ1) is 19.0. The van der Waals surface area contributed by atoms with Gasteiger partial charge >= 0.3 is 12.4 Å². The van der Waals surface area contributed by atoms with Crippen LogP contribution in [0.5, 0.6) is 0 Å². The van der Waals surface area contributed by atoms with Crippen LogP contribution in [-0.4, -0.2) is 98.2 Å². The highest BCUT2D eigenvalue weighted by Crippen LogP contribution is 2.37. The zero-order valence-electron chi connectivity index (χ0n) is 22.1. The number of carbonyl (C=O) groups excluding carboxylic acids is 2. The lowest BCUT2D eigenvalue weighted by Crippen LogP contribution is -2.63. The molecule has 12 nitrogen and oxygen atoms in total. The topological polar surface area (TPSA) is 137 Å². The molecule has 0 bridgehead atoms. The van der Waals surface area contributed by atoms with Crippen LogP contribution in [0.3, 0.4) is 0 Å². The molecule has 19 heteroatoms. The molecule has 2 aromatic rings. The summed E-state index contributed by atoms with van der Waals surface area (Å²) in [6.07, 6.45) is -8.24. The number of likely N-dealkylation sites (N-methyl/N-ethyl adjacent to an activating group) is 1. The van der Waals surface area contributed by atoms with Gasteiger partial charge in [-0.3, -0.25) is 19.3 Å². The van der Waals surface area contributed by atoms with E-state index in [1.165, 1.54) is 16.8 Å². The van der Waals surface area contributed by atoms with Gasteiger partial charge in [0.05, 0.1) is 44.3 Å². The number of anilines is 3. The molecule has 2 aromatic heterocycles. The second-order valence-electron chi connectivity index (χ2n) is 10.1. The van der Waals surface area contributed by atoms with Crippen molar-refractivity contribution >= 4 is 39.4 Å². The number of halogens is 6. The van der Waals surface area contributed by atoms with Crippen LogP contribution in [0.15, 0.2) is 17.2 Å². The quantitative estimate of drug-likeness (QED) is 0.257. The summed E-state index contributed by atoms with van der Waals surface area (Å²) in [6, 6.07) is -0.864. The Kier molecular flexibility index (Phi) is 8.05. The van der Waals surface area contributed by atoms with Crippen molar-refractivity contribution in [2.75, 3.05) is 55.0 Å². The Labute approximate surface area is 231 Å². The number of nitrogens with one attached hydrogen (secondary N) is 2. The van der Waals surface area contributed by atoms with E-state index in [9.17, 15) is 40.7 Å². The number of hydrogen-bond donors (Lipinski definition) is 2. The SMILES string of the molecule is CN1C(=O)[C@H]2CN(C(=O)CCOC[C@](C)([SiH3])Nc3cn[nH]c(=O)c3C(F)(F)F)CCN2c2ncc(C(F)(F)F)nc21. The van der Waals surface area contributed by atoms with Crippen molar-refractivity contribution in [1.29, 1.82) is 0 Å². The molecule has 0 spiro atoms. The van der Waals surface area contributed by atoms with Gasteiger partial charge in [0, 0.05) is 35.5 Å². The Morgan fingerprint density at radius 1 is 1.15 bits per heavy atom. The third-order valence-electron chi connectivity index (χ3n) is 6.50. The Hall–Kier alpha value is -3.74. The van der Waals surface area contributed by atoms with E-state index in [0.717, 1.165) is 11.1 Å². The van der Waals surface area contributed by atoms with E-state index in [2.05, 4.69) is 20.4 Å². The molecule has 224 valence electrons. The Bertz CT molecular complexity index is 1390. The molecule has 2 aliphatic heterocycles. The monoisotopic (exact) mass is 608 g/mol. The van der Waals surface area contributed by atoms with Crippen LogP contribution in [-0.2, 0) is 26.7 Å². The predicted molar refractivity (Wildman–Crippen MR) is 135 cm³/mol. The summed E-state index contributed by atoms with van der Waals surface area (Å²) in [5.74, 6) is -0.980. The molecule has 41 heavy (non-hydrogen) atoms. The smallest absolute Gasteiger partial charge is 0.379 e. The predicted octanol–water partition coefficient (Wildman–Crippen LogP) is 0.192. The van der Waals surface area contributed by atoms with Crippen molar-refractivity contribution in [2.24, 2.45) is 0 Å². The van der Waals surface area contributed by atoms with Crippen LogP contribution in [0.1, 0.15) is 24.6 Å². The fourth-order valence-corrected chi connectivity index (χ4v) is 5.03. The number of piperazine rings is 1. The average molecular weight is 609 g/mol. The molecule has 1 fully saturated rings. The molecular weight excluding hydrogens is 582 g/mol. The molecule has 0 saturated carbocycles. The van der Waals surface area contributed by atoms with Gasteiger partial charge in [-0.05, 0) is 6.92 Å². The van der Waals surface area contributed by atoms with E-state index in [4.69, 9.17) is 4.74 Å². The number of fused-ring (bicyclic) bond motifs is 3. The van der Waals surface area contributed by atoms with E-state index in [-0.39, 0.29) is 56.8 Å². The maximum absolute atomic E-state index is 13.3. The second-order valence-corrected chi connectivity index (χ2v) is 12.4. The molecule has 0 radical (unpaired) electrons. The second kappa shape index (κ2) is 10.9. The number of aromatic amines is 1. The zero-order valence-corrected chi connectivity index (χ0v) is 24.1. The number of H-pyrrole nitrogens is 1. The van der Waals surface area contributed by atoms with Crippen molar-refractivity contribution in [1.82, 2.24) is 25.1 Å². The lowest BCUT2D eigenvalue weighted by atomic mass is 10.1. The Morgan fingerprint density at radius 2 is 1.85 bits per heavy atom. The van der Waals surface area contributed by atoms with Gasteiger partial charge in [-0.25, -0.2) is 15.1 Å². The molecule has 2 atom stereocenters. The van der Waals surface area contributed by atoms with Crippen LogP contribution in [0.4, 0.5) is 43.7 Å². The fraction of sp³-hybridized carbons (Fsp3) is 0.545. The number of rotatable bonds is 7. The minimum atomic E-state index is -4.90. The molecule has 4 rings (SSSR count). The molecule has 4 heterocycles. The van der Waals surface area contributed by atoms with Gasteiger partial charge < -0.3 is 19.9 Å². The third kappa shape index (κ3) is 6.44. The van der Waals surface area contributed by atoms with E-state index in [1.54, 1.807) is 12.0 Å². The van der Waals surface area contributed by atoms with Crippen molar-refractivity contribution in [3.63, 3.8) is 0 Å². The van der Waals surface area contributed by atoms with E-state index in [1.807, 2.05) is 0 Å². The van der Waals surface area contributed by atoms with Crippen LogP contribution in [0, 0.1) is 0 Å². The summed E-state index contributed by atoms with van der Waals surface area (Å²) in [5, 5.41) is 6.90. The van der Waals surface area contributed by atoms with E-state index in [0.29, 0.717) is 16.4 Å². The minimum absolute atomic E-state index is 0.0279. The number of carbonyl (C=O) groups is 2. The first kappa shape index (κ1) is 30.2. The number of amides is 2. The number of ether oxygens (including phenoxy) is 1. The highest BCUT2D eigenvalue weighted by molar-refractivity contribution is 6.16. The van der Waals surface area contributed by atoms with E-state index < -0.39 is 52.0 Å². The highest BCUT2D eigenvalue weighted by Gasteiger charge is 2.44. The summed E-state index contributed by atoms with van der Waals surface area (Å²) in [4.78, 5) is 48.9. The van der Waals surface area contributed by atoms with Gasteiger partial charge in [0.25, 0.3) is 11.5 Å². The number of hydrogen-bond acceptors (Lipinski definition) is 9. The van der Waals surface area contributed by atoms with Crippen LogP contribution in [0.25, 0.3) is 0 Å². The Balaban J connectivity index is 1.33. The van der Waals surface area contributed by atoms with Crippen molar-refractivity contribution in [2.45, 2.75) is 36.9 Å².